The zero-order chi connectivity index (χ0) is 23.4. The molecule has 0 radical (unpaired) electrons. The first kappa shape index (κ1) is 22.9. The molecule has 7 nitrogen and oxygen atoms in total. The average molecular weight is 464 g/mol. The molecule has 2 N–H and O–H groups in total. The molecule has 1 atom stereocenters. The highest BCUT2D eigenvalue weighted by Crippen LogP contribution is 2.24. The molecule has 1 amide bonds. The Bertz CT molecular complexity index is 1290. The van der Waals surface area contributed by atoms with Gasteiger partial charge < -0.3 is 0 Å². The molecule has 4 rings (SSSR count). The third-order valence-electron chi connectivity index (χ3n) is 6.05. The summed E-state index contributed by atoms with van der Waals surface area (Å²) in [5.41, 5.74) is 1.14. The van der Waals surface area contributed by atoms with Crippen LogP contribution in [0.25, 0.3) is 10.8 Å². The Balaban J connectivity index is 1.63. The molecule has 0 saturated heterocycles. The van der Waals surface area contributed by atoms with Crippen molar-refractivity contribution in [3.8, 4) is 6.07 Å². The Morgan fingerprint density at radius 1 is 1.06 bits per heavy atom. The molecule has 1 fully saturated rings. The highest BCUT2D eigenvalue weighted by atomic mass is 32.2. The van der Waals surface area contributed by atoms with Crippen molar-refractivity contribution in [1.82, 2.24) is 9.79 Å². The molecular formula is C25H25N3O4S. The van der Waals surface area contributed by atoms with E-state index in [-0.39, 0.29) is 17.4 Å². The van der Waals surface area contributed by atoms with E-state index in [1.807, 2.05) is 30.3 Å². The van der Waals surface area contributed by atoms with Crippen molar-refractivity contribution in [3.63, 3.8) is 0 Å². The molecule has 170 valence electrons. The number of nitrogens with zero attached hydrogens (tertiary/aromatic N) is 2. The first-order valence-corrected chi connectivity index (χ1v) is 12.4. The van der Waals surface area contributed by atoms with E-state index in [2.05, 4.69) is 4.72 Å². The summed E-state index contributed by atoms with van der Waals surface area (Å²) in [5, 5.41) is 21.9. The Morgan fingerprint density at radius 3 is 2.39 bits per heavy atom. The van der Waals surface area contributed by atoms with E-state index in [0.717, 1.165) is 23.6 Å². The fraction of sp³-hybridized carbons (Fsp3) is 0.280. The van der Waals surface area contributed by atoms with Crippen LogP contribution in [-0.2, 0) is 21.2 Å². The predicted molar refractivity (Wildman–Crippen MR) is 124 cm³/mol. The topological polar surface area (TPSA) is 110 Å². The average Bonchev–Trinajstić information content (AvgIpc) is 3.38. The molecule has 3 aromatic rings. The first-order chi connectivity index (χ1) is 15.9. The van der Waals surface area contributed by atoms with Gasteiger partial charge in [0, 0.05) is 0 Å². The fourth-order valence-electron chi connectivity index (χ4n) is 4.21. The normalized spacial score (nSPS) is 15.3. The number of benzene rings is 3. The molecule has 0 spiro atoms. The number of hydrogen-bond acceptors (Lipinski definition) is 5. The van der Waals surface area contributed by atoms with E-state index in [1.54, 1.807) is 36.4 Å². The van der Waals surface area contributed by atoms with Crippen molar-refractivity contribution in [3.05, 3.63) is 77.9 Å². The van der Waals surface area contributed by atoms with Gasteiger partial charge in [-0.25, -0.2) is 13.5 Å². The molecule has 0 aliphatic heterocycles. The SMILES string of the molecule is N#Cc1ccc(CC(NS(=O)(=O)c2ccc3ccccc3c2)C(=O)N(O)C2CCCC2)cc1. The van der Waals surface area contributed by atoms with Crippen LogP contribution in [0.1, 0.15) is 36.8 Å². The van der Waals surface area contributed by atoms with Gasteiger partial charge in [-0.2, -0.15) is 9.98 Å². The molecule has 0 heterocycles. The van der Waals surface area contributed by atoms with Crippen molar-refractivity contribution in [2.24, 2.45) is 0 Å². The summed E-state index contributed by atoms with van der Waals surface area (Å²) in [7, 11) is -4.05. The number of hydrogen-bond donors (Lipinski definition) is 2. The second-order valence-electron chi connectivity index (χ2n) is 8.32. The molecule has 1 saturated carbocycles. The van der Waals surface area contributed by atoms with Gasteiger partial charge in [-0.15, -0.1) is 0 Å². The van der Waals surface area contributed by atoms with Gasteiger partial charge in [-0.1, -0.05) is 55.3 Å². The number of nitriles is 1. The summed E-state index contributed by atoms with van der Waals surface area (Å²) in [5.74, 6) is -0.685. The highest BCUT2D eigenvalue weighted by Gasteiger charge is 2.33. The van der Waals surface area contributed by atoms with Crippen molar-refractivity contribution >= 4 is 26.7 Å². The third-order valence-corrected chi connectivity index (χ3v) is 7.52. The van der Waals surface area contributed by atoms with Crippen LogP contribution in [0, 0.1) is 11.3 Å². The fourth-order valence-corrected chi connectivity index (χ4v) is 5.43. The van der Waals surface area contributed by atoms with Crippen LogP contribution in [0.15, 0.2) is 71.6 Å². The number of sulfonamides is 1. The van der Waals surface area contributed by atoms with Crippen LogP contribution < -0.4 is 4.72 Å². The summed E-state index contributed by atoms with van der Waals surface area (Å²) in [4.78, 5) is 13.2. The predicted octanol–water partition coefficient (Wildman–Crippen LogP) is 3.76. The molecule has 33 heavy (non-hydrogen) atoms. The molecule has 0 bridgehead atoms. The summed E-state index contributed by atoms with van der Waals surface area (Å²) in [6.45, 7) is 0. The van der Waals surface area contributed by atoms with Crippen LogP contribution in [-0.4, -0.2) is 36.7 Å². The molecule has 8 heteroatoms. The largest absolute Gasteiger partial charge is 0.286 e. The van der Waals surface area contributed by atoms with E-state index in [1.165, 1.54) is 6.07 Å². The Labute approximate surface area is 193 Å². The minimum Gasteiger partial charge on any atom is -0.286 e. The van der Waals surface area contributed by atoms with Gasteiger partial charge >= 0.3 is 0 Å². The van der Waals surface area contributed by atoms with Gasteiger partial charge in [-0.3, -0.25) is 10.0 Å². The lowest BCUT2D eigenvalue weighted by atomic mass is 10.0. The van der Waals surface area contributed by atoms with Crippen molar-refractivity contribution in [2.45, 2.75) is 49.1 Å². The Hall–Kier alpha value is -3.25. The lowest BCUT2D eigenvalue weighted by molar-refractivity contribution is -0.177. The molecule has 1 aliphatic rings. The van der Waals surface area contributed by atoms with Crippen LogP contribution in [0.3, 0.4) is 0 Å². The third kappa shape index (κ3) is 5.22. The lowest BCUT2D eigenvalue weighted by Gasteiger charge is -2.27. The number of hydroxylamine groups is 2. The summed E-state index contributed by atoms with van der Waals surface area (Å²) >= 11 is 0. The maximum atomic E-state index is 13.2. The number of amides is 1. The van der Waals surface area contributed by atoms with Crippen LogP contribution in [0.5, 0.6) is 0 Å². The molecule has 0 aromatic heterocycles. The summed E-state index contributed by atoms with van der Waals surface area (Å²) in [6.07, 6.45) is 3.24. The minimum atomic E-state index is -4.05. The quantitative estimate of drug-likeness (QED) is 0.409. The van der Waals surface area contributed by atoms with Gasteiger partial charge in [0.1, 0.15) is 6.04 Å². The number of nitrogens with one attached hydrogen (secondary N) is 1. The second-order valence-corrected chi connectivity index (χ2v) is 10.0. The van der Waals surface area contributed by atoms with E-state index in [0.29, 0.717) is 29.0 Å². The molecule has 3 aromatic carbocycles. The number of fused-ring (bicyclic) bond motifs is 1. The van der Waals surface area contributed by atoms with Gasteiger partial charge in [0.25, 0.3) is 5.91 Å². The number of carbonyl (C=O) groups excluding carboxylic acids is 1. The van der Waals surface area contributed by atoms with E-state index in [9.17, 15) is 18.4 Å². The van der Waals surface area contributed by atoms with Gasteiger partial charge in [0.2, 0.25) is 10.0 Å². The van der Waals surface area contributed by atoms with Crippen LogP contribution in [0.2, 0.25) is 0 Å². The van der Waals surface area contributed by atoms with Gasteiger partial charge in [0.15, 0.2) is 0 Å². The van der Waals surface area contributed by atoms with Gasteiger partial charge in [0.05, 0.1) is 22.6 Å². The van der Waals surface area contributed by atoms with Crippen molar-refractivity contribution in [1.29, 1.82) is 5.26 Å². The smallest absolute Gasteiger partial charge is 0.264 e. The lowest BCUT2D eigenvalue weighted by Crippen LogP contribution is -2.51. The first-order valence-electron chi connectivity index (χ1n) is 10.9. The van der Waals surface area contributed by atoms with E-state index >= 15 is 0 Å². The zero-order valence-electron chi connectivity index (χ0n) is 18.0. The molecule has 1 aliphatic carbocycles. The van der Waals surface area contributed by atoms with E-state index in [4.69, 9.17) is 5.26 Å². The minimum absolute atomic E-state index is 0.0428. The zero-order valence-corrected chi connectivity index (χ0v) is 18.8. The summed E-state index contributed by atoms with van der Waals surface area (Å²) < 4.78 is 28.9. The van der Waals surface area contributed by atoms with Crippen LogP contribution in [0.4, 0.5) is 0 Å². The Morgan fingerprint density at radius 2 is 1.73 bits per heavy atom. The number of rotatable bonds is 7. The molecular weight excluding hydrogens is 438 g/mol. The maximum Gasteiger partial charge on any atom is 0.264 e. The standard InChI is InChI=1S/C25H25N3O4S/c26-17-19-11-9-18(10-12-19)15-24(25(29)28(30)22-7-3-4-8-22)27-33(31,32)23-14-13-20-5-1-2-6-21(20)16-23/h1-2,5-6,9-14,16,22,24,27,30H,3-4,7-8,15H2. The van der Waals surface area contributed by atoms with E-state index < -0.39 is 22.0 Å². The number of carbonyl (C=O) groups is 1. The monoisotopic (exact) mass is 463 g/mol. The highest BCUT2D eigenvalue weighted by molar-refractivity contribution is 7.89. The second kappa shape index (κ2) is 9.71. The summed E-state index contributed by atoms with van der Waals surface area (Å²) in [6, 6.07) is 19.3. The van der Waals surface area contributed by atoms with Gasteiger partial charge in [-0.05, 0) is 59.9 Å². The molecule has 1 unspecified atom stereocenters. The van der Waals surface area contributed by atoms with Crippen molar-refractivity contribution < 1.29 is 18.4 Å². The Kier molecular flexibility index (Phi) is 6.75. The van der Waals surface area contributed by atoms with Crippen molar-refractivity contribution in [2.75, 3.05) is 0 Å². The maximum absolute atomic E-state index is 13.2. The van der Waals surface area contributed by atoms with Crippen LogP contribution >= 0.6 is 0 Å².